The normalized spacial score (nSPS) is 12.3. The molecule has 0 spiro atoms. The number of carbonyl (C=O) groups excluding carboxylic acids is 2. The summed E-state index contributed by atoms with van der Waals surface area (Å²) in [5.41, 5.74) is 3.47. The first kappa shape index (κ1) is 31.7. The lowest BCUT2D eigenvalue weighted by molar-refractivity contribution is 0.0784. The van der Waals surface area contributed by atoms with Crippen LogP contribution in [0.1, 0.15) is 42.5 Å². The van der Waals surface area contributed by atoms with Crippen LogP contribution in [0.2, 0.25) is 0 Å². The van der Waals surface area contributed by atoms with Crippen molar-refractivity contribution >= 4 is 23.2 Å². The predicted molar refractivity (Wildman–Crippen MR) is 168 cm³/mol. The molecule has 43 heavy (non-hydrogen) atoms. The Balaban J connectivity index is 1.48. The van der Waals surface area contributed by atoms with Gasteiger partial charge in [-0.15, -0.1) is 11.3 Å². The van der Waals surface area contributed by atoms with Crippen LogP contribution in [-0.4, -0.2) is 66.8 Å². The molecular weight excluding hydrogens is 564 g/mol. The van der Waals surface area contributed by atoms with Crippen LogP contribution in [0, 0.1) is 6.92 Å². The minimum atomic E-state index is -0.894. The van der Waals surface area contributed by atoms with Gasteiger partial charge in [-0.3, -0.25) is 9.59 Å². The zero-order valence-electron chi connectivity index (χ0n) is 24.9. The van der Waals surface area contributed by atoms with Gasteiger partial charge in [-0.1, -0.05) is 42.5 Å². The van der Waals surface area contributed by atoms with Gasteiger partial charge in [-0.2, -0.15) is 0 Å². The monoisotopic (exact) mass is 602 g/mol. The molecule has 10 heteroatoms. The van der Waals surface area contributed by atoms with Crippen molar-refractivity contribution < 1.29 is 24.2 Å². The molecule has 0 saturated heterocycles. The first-order valence-electron chi connectivity index (χ1n) is 14.0. The van der Waals surface area contributed by atoms with Crippen LogP contribution in [0.4, 0.5) is 0 Å². The molecule has 1 aromatic heterocycles. The third-order valence-corrected chi connectivity index (χ3v) is 7.88. The highest BCUT2D eigenvalue weighted by Crippen LogP contribution is 2.21. The highest BCUT2D eigenvalue weighted by atomic mass is 32.1. The van der Waals surface area contributed by atoms with Gasteiger partial charge in [0, 0.05) is 42.3 Å². The lowest BCUT2D eigenvalue weighted by Crippen LogP contribution is -2.48. The average Bonchev–Trinajstić information content (AvgIpc) is 3.44. The summed E-state index contributed by atoms with van der Waals surface area (Å²) in [5.74, 6) is 0.464. The Morgan fingerprint density at radius 1 is 0.953 bits per heavy atom. The fourth-order valence-corrected chi connectivity index (χ4v) is 5.46. The maximum absolute atomic E-state index is 13.6. The summed E-state index contributed by atoms with van der Waals surface area (Å²) in [4.78, 5) is 32.9. The van der Waals surface area contributed by atoms with Crippen molar-refractivity contribution in [3.05, 3.63) is 111 Å². The Labute approximate surface area is 256 Å². The topological polar surface area (TPSA) is 113 Å². The third-order valence-electron chi connectivity index (χ3n) is 6.93. The maximum atomic E-state index is 13.6. The zero-order chi connectivity index (χ0) is 30.8. The summed E-state index contributed by atoms with van der Waals surface area (Å²) in [6, 6.07) is 21.5. The minimum absolute atomic E-state index is 0.248. The molecule has 2 atom stereocenters. The van der Waals surface area contributed by atoms with Crippen molar-refractivity contribution in [3.63, 3.8) is 0 Å². The van der Waals surface area contributed by atoms with E-state index in [2.05, 4.69) is 15.6 Å². The molecular formula is C33H38N4O5S. The van der Waals surface area contributed by atoms with Gasteiger partial charge >= 0.3 is 0 Å². The molecule has 0 aliphatic rings. The molecule has 0 bridgehead atoms. The van der Waals surface area contributed by atoms with Gasteiger partial charge in [-0.05, 0) is 54.8 Å². The molecule has 9 nitrogen and oxygen atoms in total. The molecule has 4 rings (SSSR count). The number of methoxy groups -OCH3 is 2. The van der Waals surface area contributed by atoms with Crippen LogP contribution in [0.15, 0.2) is 78.2 Å². The van der Waals surface area contributed by atoms with Crippen molar-refractivity contribution in [3.8, 4) is 11.5 Å². The molecule has 4 aromatic rings. The quantitative estimate of drug-likeness (QED) is 0.198. The van der Waals surface area contributed by atoms with Crippen molar-refractivity contribution in [2.75, 3.05) is 27.8 Å². The first-order chi connectivity index (χ1) is 20.7. The Bertz CT molecular complexity index is 1510. The van der Waals surface area contributed by atoms with E-state index < -0.39 is 18.1 Å². The largest absolute Gasteiger partial charge is 0.497 e. The number of aromatic nitrogens is 1. The highest BCUT2D eigenvalue weighted by molar-refractivity contribution is 7.09. The van der Waals surface area contributed by atoms with Crippen molar-refractivity contribution in [2.45, 2.75) is 38.6 Å². The zero-order valence-corrected chi connectivity index (χ0v) is 25.7. The van der Waals surface area contributed by atoms with Crippen LogP contribution in [0.5, 0.6) is 11.5 Å². The van der Waals surface area contributed by atoms with Gasteiger partial charge in [0.2, 0.25) is 0 Å². The highest BCUT2D eigenvalue weighted by Gasteiger charge is 2.24. The van der Waals surface area contributed by atoms with Crippen LogP contribution < -0.4 is 20.1 Å². The number of ether oxygens (including phenoxy) is 2. The lowest BCUT2D eigenvalue weighted by Gasteiger charge is -2.25. The summed E-state index contributed by atoms with van der Waals surface area (Å²) in [5, 5.41) is 20.3. The molecule has 0 fully saturated rings. The Morgan fingerprint density at radius 3 is 2.37 bits per heavy atom. The van der Waals surface area contributed by atoms with Gasteiger partial charge in [0.1, 0.15) is 16.5 Å². The van der Waals surface area contributed by atoms with Crippen molar-refractivity contribution in [1.29, 1.82) is 0 Å². The molecule has 3 N–H and O–H groups in total. The van der Waals surface area contributed by atoms with Crippen LogP contribution >= 0.6 is 11.3 Å². The van der Waals surface area contributed by atoms with Crippen molar-refractivity contribution in [1.82, 2.24) is 20.5 Å². The van der Waals surface area contributed by atoms with E-state index >= 15 is 0 Å². The van der Waals surface area contributed by atoms with Crippen LogP contribution in [0.25, 0.3) is 0 Å². The average molecular weight is 603 g/mol. The Kier molecular flexibility index (Phi) is 11.3. The summed E-state index contributed by atoms with van der Waals surface area (Å²) in [6.07, 6.45) is -0.477. The molecule has 0 aliphatic heterocycles. The first-order valence-corrected chi connectivity index (χ1v) is 14.9. The Morgan fingerprint density at radius 2 is 1.67 bits per heavy atom. The van der Waals surface area contributed by atoms with E-state index in [1.54, 1.807) is 37.3 Å². The van der Waals surface area contributed by atoms with Gasteiger partial charge in [0.25, 0.3) is 11.8 Å². The predicted octanol–water partition coefficient (Wildman–Crippen LogP) is 4.23. The number of benzene rings is 3. The molecule has 0 unspecified atom stereocenters. The number of aryl methyl sites for hydroxylation is 1. The number of carbonyl (C=O) groups is 2. The van der Waals surface area contributed by atoms with E-state index in [1.807, 2.05) is 66.9 Å². The molecule has 226 valence electrons. The molecule has 0 saturated carbocycles. The van der Waals surface area contributed by atoms with E-state index in [1.165, 1.54) is 18.4 Å². The molecule has 1 heterocycles. The summed E-state index contributed by atoms with van der Waals surface area (Å²) in [6.45, 7) is 3.03. The number of hydrogen-bond donors (Lipinski definition) is 3. The number of thiazole rings is 1. The number of nitrogens with one attached hydrogen (secondary N) is 2. The van der Waals surface area contributed by atoms with Gasteiger partial charge in [0.15, 0.2) is 0 Å². The lowest BCUT2D eigenvalue weighted by atomic mass is 10.00. The number of nitrogens with zero attached hydrogens (tertiary/aromatic N) is 2. The minimum Gasteiger partial charge on any atom is -0.497 e. The molecule has 2 amide bonds. The van der Waals surface area contributed by atoms with E-state index in [0.29, 0.717) is 30.8 Å². The molecule has 0 radical (unpaired) electrons. The second-order valence-electron chi connectivity index (χ2n) is 10.3. The van der Waals surface area contributed by atoms with E-state index in [-0.39, 0.29) is 18.0 Å². The van der Waals surface area contributed by atoms with E-state index in [0.717, 1.165) is 27.6 Å². The molecule has 3 aromatic carbocycles. The second-order valence-corrected chi connectivity index (χ2v) is 11.3. The Hall–Kier alpha value is -4.25. The maximum Gasteiger partial charge on any atom is 0.254 e. The van der Waals surface area contributed by atoms with Gasteiger partial charge in [-0.25, -0.2) is 4.98 Å². The number of aliphatic hydroxyl groups excluding tert-OH is 1. The van der Waals surface area contributed by atoms with Gasteiger partial charge in [0.05, 0.1) is 32.9 Å². The summed E-state index contributed by atoms with van der Waals surface area (Å²) >= 11 is 1.49. The number of rotatable bonds is 14. The fourth-order valence-electron chi connectivity index (χ4n) is 4.63. The third kappa shape index (κ3) is 9.12. The SMILES string of the molecule is COc1cccc(CNC[C@@H](O)[C@H](Cc2ccccc2)NC(=O)c2cc(OC)cc(C(=O)N(C)Cc3nc(C)cs3)c2)c1. The summed E-state index contributed by atoms with van der Waals surface area (Å²) in [7, 11) is 4.81. The number of amides is 2. The van der Waals surface area contributed by atoms with Gasteiger partial charge < -0.3 is 30.1 Å². The molecule has 0 aliphatic carbocycles. The number of aliphatic hydroxyl groups is 1. The van der Waals surface area contributed by atoms with Crippen LogP contribution in [-0.2, 0) is 19.5 Å². The van der Waals surface area contributed by atoms with Crippen molar-refractivity contribution in [2.24, 2.45) is 0 Å². The number of hydrogen-bond acceptors (Lipinski definition) is 8. The smallest absolute Gasteiger partial charge is 0.254 e. The standard InChI is InChI=1S/C33H38N4O5S/c1-22-21-43-31(35-22)20-37(2)33(40)26-15-25(16-28(17-26)42-4)32(39)36-29(14-23-9-6-5-7-10-23)30(38)19-34-18-24-11-8-12-27(13-24)41-3/h5-13,15-17,21,29-30,34,38H,14,18-20H2,1-4H3,(H,36,39)/t29-,30+/m0/s1. The van der Waals surface area contributed by atoms with E-state index in [4.69, 9.17) is 9.47 Å². The second kappa shape index (κ2) is 15.3. The van der Waals surface area contributed by atoms with E-state index in [9.17, 15) is 14.7 Å². The van der Waals surface area contributed by atoms with Crippen LogP contribution in [0.3, 0.4) is 0 Å². The fraction of sp³-hybridized carbons (Fsp3) is 0.303. The summed E-state index contributed by atoms with van der Waals surface area (Å²) < 4.78 is 10.7.